The van der Waals surface area contributed by atoms with Crippen molar-refractivity contribution in [2.45, 2.75) is 38.6 Å². The maximum Gasteiger partial charge on any atom is 0.141 e. The number of hydrogen-bond acceptors (Lipinski definition) is 4. The Kier molecular flexibility index (Phi) is 2.99. The van der Waals surface area contributed by atoms with E-state index in [-0.39, 0.29) is 24.5 Å². The van der Waals surface area contributed by atoms with E-state index in [0.29, 0.717) is 0 Å². The van der Waals surface area contributed by atoms with Crippen LogP contribution in [0.5, 0.6) is 0 Å². The van der Waals surface area contributed by atoms with Crippen LogP contribution in [-0.4, -0.2) is 38.2 Å². The van der Waals surface area contributed by atoms with E-state index in [9.17, 15) is 10.2 Å². The Morgan fingerprint density at radius 2 is 2.12 bits per heavy atom. The van der Waals surface area contributed by atoms with Crippen molar-refractivity contribution in [1.82, 2.24) is 14.8 Å². The van der Waals surface area contributed by atoms with Crippen molar-refractivity contribution in [3.63, 3.8) is 0 Å². The summed E-state index contributed by atoms with van der Waals surface area (Å²) in [6, 6.07) is 0. The van der Waals surface area contributed by atoms with E-state index >= 15 is 0 Å². The maximum atomic E-state index is 9.36. The Hall–Kier alpha value is -0.940. The molecule has 1 aliphatic rings. The van der Waals surface area contributed by atoms with Crippen molar-refractivity contribution in [3.05, 3.63) is 11.6 Å². The van der Waals surface area contributed by atoms with E-state index < -0.39 is 0 Å². The Labute approximate surface area is 95.1 Å². The minimum Gasteiger partial charge on any atom is -0.396 e. The molecular weight excluding hydrogens is 206 g/mol. The summed E-state index contributed by atoms with van der Waals surface area (Å²) in [5, 5.41) is 26.9. The van der Waals surface area contributed by atoms with Gasteiger partial charge in [0, 0.05) is 30.9 Å². The van der Waals surface area contributed by atoms with Gasteiger partial charge in [0.2, 0.25) is 0 Å². The van der Waals surface area contributed by atoms with E-state index in [2.05, 4.69) is 14.8 Å². The standard InChI is InChI=1S/C11H19N3O2/c1-11(2,7-16)10-13-12-9-4-3-8(6-15)5-14(9)10/h8,15-16H,3-7H2,1-2H3. The number of fused-ring (bicyclic) bond motifs is 1. The summed E-state index contributed by atoms with van der Waals surface area (Å²) >= 11 is 0. The van der Waals surface area contributed by atoms with E-state index in [4.69, 9.17) is 0 Å². The average molecular weight is 225 g/mol. The molecule has 1 aromatic rings. The van der Waals surface area contributed by atoms with E-state index in [1.807, 2.05) is 13.8 Å². The molecule has 1 atom stereocenters. The van der Waals surface area contributed by atoms with Crippen LogP contribution in [0, 0.1) is 5.92 Å². The highest BCUT2D eigenvalue weighted by Gasteiger charge is 2.30. The summed E-state index contributed by atoms with van der Waals surface area (Å²) < 4.78 is 2.06. The number of rotatable bonds is 3. The molecule has 0 saturated carbocycles. The molecule has 1 unspecified atom stereocenters. The van der Waals surface area contributed by atoms with Crippen molar-refractivity contribution in [2.75, 3.05) is 13.2 Å². The van der Waals surface area contributed by atoms with Crippen molar-refractivity contribution < 1.29 is 10.2 Å². The Morgan fingerprint density at radius 1 is 1.38 bits per heavy atom. The molecule has 5 nitrogen and oxygen atoms in total. The summed E-state index contributed by atoms with van der Waals surface area (Å²) in [5.74, 6) is 2.08. The minimum atomic E-state index is -0.372. The fraction of sp³-hybridized carbons (Fsp3) is 0.818. The molecule has 1 aliphatic heterocycles. The van der Waals surface area contributed by atoms with Crippen molar-refractivity contribution in [2.24, 2.45) is 5.92 Å². The van der Waals surface area contributed by atoms with Crippen molar-refractivity contribution in [1.29, 1.82) is 0 Å². The second kappa shape index (κ2) is 4.14. The van der Waals surface area contributed by atoms with Crippen LogP contribution in [-0.2, 0) is 18.4 Å². The van der Waals surface area contributed by atoms with Gasteiger partial charge in [-0.15, -0.1) is 10.2 Å². The minimum absolute atomic E-state index is 0.0505. The number of hydrogen-bond donors (Lipinski definition) is 2. The number of aryl methyl sites for hydroxylation is 1. The lowest BCUT2D eigenvalue weighted by Gasteiger charge is -2.27. The Bertz CT molecular complexity index is 373. The lowest BCUT2D eigenvalue weighted by molar-refractivity contribution is 0.177. The van der Waals surface area contributed by atoms with Crippen LogP contribution in [0.3, 0.4) is 0 Å². The first-order chi connectivity index (χ1) is 7.58. The monoisotopic (exact) mass is 225 g/mol. The number of aliphatic hydroxyl groups is 2. The smallest absolute Gasteiger partial charge is 0.141 e. The van der Waals surface area contributed by atoms with Crippen molar-refractivity contribution in [3.8, 4) is 0 Å². The molecule has 0 spiro atoms. The molecule has 2 N–H and O–H groups in total. The zero-order chi connectivity index (χ0) is 11.8. The molecule has 2 rings (SSSR count). The molecule has 90 valence electrons. The Balaban J connectivity index is 2.33. The largest absolute Gasteiger partial charge is 0.396 e. The van der Waals surface area contributed by atoms with Gasteiger partial charge >= 0.3 is 0 Å². The van der Waals surface area contributed by atoms with Crippen LogP contribution >= 0.6 is 0 Å². The van der Waals surface area contributed by atoms with Crippen LogP contribution in [0.1, 0.15) is 31.9 Å². The van der Waals surface area contributed by atoms with Gasteiger partial charge in [0.15, 0.2) is 0 Å². The molecule has 16 heavy (non-hydrogen) atoms. The molecular formula is C11H19N3O2. The predicted molar refractivity (Wildman–Crippen MR) is 59.0 cm³/mol. The fourth-order valence-corrected chi connectivity index (χ4v) is 2.12. The van der Waals surface area contributed by atoms with Gasteiger partial charge in [-0.05, 0) is 6.42 Å². The zero-order valence-corrected chi connectivity index (χ0v) is 9.85. The zero-order valence-electron chi connectivity index (χ0n) is 9.85. The summed E-state index contributed by atoms with van der Waals surface area (Å²) in [4.78, 5) is 0. The molecule has 0 aliphatic carbocycles. The quantitative estimate of drug-likeness (QED) is 0.765. The molecule has 2 heterocycles. The fourth-order valence-electron chi connectivity index (χ4n) is 2.12. The third-order valence-electron chi connectivity index (χ3n) is 3.30. The van der Waals surface area contributed by atoms with Crippen LogP contribution in [0.4, 0.5) is 0 Å². The van der Waals surface area contributed by atoms with E-state index in [1.54, 1.807) is 0 Å². The average Bonchev–Trinajstić information content (AvgIpc) is 2.72. The first kappa shape index (κ1) is 11.5. The number of aliphatic hydroxyl groups excluding tert-OH is 2. The summed E-state index contributed by atoms with van der Waals surface area (Å²) in [5.41, 5.74) is -0.372. The first-order valence-corrected chi connectivity index (χ1v) is 5.72. The lowest BCUT2D eigenvalue weighted by atomic mass is 9.92. The van der Waals surface area contributed by atoms with Gasteiger partial charge in [-0.1, -0.05) is 13.8 Å². The molecule has 0 amide bonds. The molecule has 0 fully saturated rings. The van der Waals surface area contributed by atoms with Crippen LogP contribution in [0.25, 0.3) is 0 Å². The molecule has 0 aromatic carbocycles. The predicted octanol–water partition coefficient (Wildman–Crippen LogP) is 0.103. The second-order valence-corrected chi connectivity index (χ2v) is 5.18. The van der Waals surface area contributed by atoms with Gasteiger partial charge in [0.05, 0.1) is 6.61 Å². The Morgan fingerprint density at radius 3 is 2.75 bits per heavy atom. The van der Waals surface area contributed by atoms with Gasteiger partial charge in [0.25, 0.3) is 0 Å². The van der Waals surface area contributed by atoms with Gasteiger partial charge in [-0.3, -0.25) is 0 Å². The topological polar surface area (TPSA) is 71.2 Å². The normalized spacial score (nSPS) is 20.9. The molecule has 5 heteroatoms. The SMILES string of the molecule is CC(C)(CO)c1nnc2n1CC(CO)CC2. The summed E-state index contributed by atoms with van der Waals surface area (Å²) in [7, 11) is 0. The van der Waals surface area contributed by atoms with Crippen LogP contribution < -0.4 is 0 Å². The highest BCUT2D eigenvalue weighted by molar-refractivity contribution is 5.09. The van der Waals surface area contributed by atoms with Crippen LogP contribution in [0.2, 0.25) is 0 Å². The van der Waals surface area contributed by atoms with Gasteiger partial charge < -0.3 is 14.8 Å². The maximum absolute atomic E-state index is 9.36. The highest BCUT2D eigenvalue weighted by Crippen LogP contribution is 2.26. The number of nitrogens with zero attached hydrogens (tertiary/aromatic N) is 3. The molecule has 0 radical (unpaired) electrons. The van der Waals surface area contributed by atoms with Gasteiger partial charge in [0.1, 0.15) is 11.6 Å². The van der Waals surface area contributed by atoms with Gasteiger partial charge in [-0.25, -0.2) is 0 Å². The molecule has 0 saturated heterocycles. The third-order valence-corrected chi connectivity index (χ3v) is 3.30. The first-order valence-electron chi connectivity index (χ1n) is 5.72. The number of aromatic nitrogens is 3. The second-order valence-electron chi connectivity index (χ2n) is 5.18. The third kappa shape index (κ3) is 1.85. The molecule has 0 bridgehead atoms. The highest BCUT2D eigenvalue weighted by atomic mass is 16.3. The van der Waals surface area contributed by atoms with E-state index in [0.717, 1.165) is 31.0 Å². The van der Waals surface area contributed by atoms with Gasteiger partial charge in [-0.2, -0.15) is 0 Å². The van der Waals surface area contributed by atoms with E-state index in [1.165, 1.54) is 0 Å². The van der Waals surface area contributed by atoms with Crippen molar-refractivity contribution >= 4 is 0 Å². The summed E-state index contributed by atoms with van der Waals surface area (Å²) in [6.45, 7) is 4.92. The molecule has 1 aromatic heterocycles. The lowest BCUT2D eigenvalue weighted by Crippen LogP contribution is -2.31. The summed E-state index contributed by atoms with van der Waals surface area (Å²) in [6.07, 6.45) is 1.83. The van der Waals surface area contributed by atoms with Crippen LogP contribution in [0.15, 0.2) is 0 Å².